The molecule has 53 valence electrons. The van der Waals surface area contributed by atoms with Crippen LogP contribution in [0.15, 0.2) is 28.7 Å². The van der Waals surface area contributed by atoms with Crippen molar-refractivity contribution in [2.45, 2.75) is 13.3 Å². The van der Waals surface area contributed by atoms with E-state index in [2.05, 4.69) is 41.4 Å². The van der Waals surface area contributed by atoms with Crippen molar-refractivity contribution in [2.24, 2.45) is 0 Å². The third-order valence-corrected chi connectivity index (χ3v) is 2.05. The smallest absolute Gasteiger partial charge is 0.0210 e. The summed E-state index contributed by atoms with van der Waals surface area (Å²) in [6, 6.07) is 8.23. The summed E-state index contributed by atoms with van der Waals surface area (Å²) in [6.07, 6.45) is 3.28. The van der Waals surface area contributed by atoms with Gasteiger partial charge in [0.2, 0.25) is 0 Å². The van der Waals surface area contributed by atoms with Gasteiger partial charge in [0.1, 0.15) is 0 Å². The van der Waals surface area contributed by atoms with Crippen molar-refractivity contribution in [1.29, 1.82) is 0 Å². The van der Waals surface area contributed by atoms with Crippen LogP contribution in [0.5, 0.6) is 0 Å². The van der Waals surface area contributed by atoms with Gasteiger partial charge < -0.3 is 0 Å². The van der Waals surface area contributed by atoms with E-state index in [1.165, 1.54) is 10.0 Å². The molecule has 0 aliphatic carbocycles. The Balaban J connectivity index is 2.81. The van der Waals surface area contributed by atoms with Crippen LogP contribution in [0.4, 0.5) is 0 Å². The summed E-state index contributed by atoms with van der Waals surface area (Å²) in [6.45, 7) is 2.14. The van der Waals surface area contributed by atoms with Gasteiger partial charge in [0.05, 0.1) is 0 Å². The second kappa shape index (κ2) is 3.77. The molecule has 0 heterocycles. The third-order valence-electron chi connectivity index (χ3n) is 1.33. The molecule has 0 fully saturated rings. The molecule has 0 unspecified atom stereocenters. The molecule has 0 spiro atoms. The zero-order valence-corrected chi connectivity index (χ0v) is 7.56. The molecule has 0 atom stereocenters. The highest BCUT2D eigenvalue weighted by Crippen LogP contribution is 2.18. The molecular formula is C9H10Br. The van der Waals surface area contributed by atoms with Crippen LogP contribution in [0, 0.1) is 6.42 Å². The number of hydrogen-bond donors (Lipinski definition) is 0. The van der Waals surface area contributed by atoms with E-state index in [-0.39, 0.29) is 0 Å². The molecule has 0 nitrogen and oxygen atoms in total. The fraction of sp³-hybridized carbons (Fsp3) is 0.222. The molecule has 0 aliphatic heterocycles. The molecule has 1 radical (unpaired) electrons. The summed E-state index contributed by atoms with van der Waals surface area (Å²) in [5, 5.41) is 0. The zero-order chi connectivity index (χ0) is 7.40. The van der Waals surface area contributed by atoms with Crippen molar-refractivity contribution < 1.29 is 0 Å². The molecule has 0 aromatic heterocycles. The summed E-state index contributed by atoms with van der Waals surface area (Å²) in [5.41, 5.74) is 1.28. The molecule has 0 saturated carbocycles. The van der Waals surface area contributed by atoms with Crippen molar-refractivity contribution >= 4 is 15.9 Å². The first-order valence-corrected chi connectivity index (χ1v) is 4.21. The van der Waals surface area contributed by atoms with E-state index >= 15 is 0 Å². The van der Waals surface area contributed by atoms with Gasteiger partial charge >= 0.3 is 0 Å². The number of rotatable bonds is 2. The van der Waals surface area contributed by atoms with Gasteiger partial charge in [-0.05, 0) is 24.5 Å². The fourth-order valence-corrected chi connectivity index (χ4v) is 1.31. The van der Waals surface area contributed by atoms with Gasteiger partial charge in [0.15, 0.2) is 0 Å². The minimum absolute atomic E-state index is 1.09. The molecule has 0 aliphatic rings. The lowest BCUT2D eigenvalue weighted by atomic mass is 10.1. The van der Waals surface area contributed by atoms with Gasteiger partial charge in [-0.1, -0.05) is 41.1 Å². The van der Waals surface area contributed by atoms with Gasteiger partial charge in [0.25, 0.3) is 0 Å². The van der Waals surface area contributed by atoms with Crippen LogP contribution in [-0.2, 0) is 0 Å². The highest BCUT2D eigenvalue weighted by atomic mass is 79.9. The summed E-state index contributed by atoms with van der Waals surface area (Å²) < 4.78 is 1.18. The Morgan fingerprint density at radius 3 is 2.70 bits per heavy atom. The van der Waals surface area contributed by atoms with Gasteiger partial charge in [0, 0.05) is 4.47 Å². The van der Waals surface area contributed by atoms with Crippen LogP contribution >= 0.6 is 15.9 Å². The predicted molar refractivity (Wildman–Crippen MR) is 47.8 cm³/mol. The van der Waals surface area contributed by atoms with Gasteiger partial charge in [-0.15, -0.1) is 0 Å². The number of halogens is 1. The zero-order valence-electron chi connectivity index (χ0n) is 5.97. The minimum Gasteiger partial charge on any atom is -0.0648 e. The van der Waals surface area contributed by atoms with Gasteiger partial charge in [-0.2, -0.15) is 0 Å². The Bertz CT molecular complexity index is 206. The second-order valence-electron chi connectivity index (χ2n) is 2.13. The monoisotopic (exact) mass is 197 g/mol. The van der Waals surface area contributed by atoms with Crippen molar-refractivity contribution in [3.63, 3.8) is 0 Å². The van der Waals surface area contributed by atoms with Crippen molar-refractivity contribution in [2.75, 3.05) is 0 Å². The van der Waals surface area contributed by atoms with Gasteiger partial charge in [-0.3, -0.25) is 0 Å². The van der Waals surface area contributed by atoms with E-state index in [0.29, 0.717) is 0 Å². The largest absolute Gasteiger partial charge is 0.0648 e. The molecule has 1 aromatic carbocycles. The molecular weight excluding hydrogens is 188 g/mol. The quantitative estimate of drug-likeness (QED) is 0.682. The fourth-order valence-electron chi connectivity index (χ4n) is 0.861. The minimum atomic E-state index is 1.09. The molecule has 0 N–H and O–H groups in total. The third kappa shape index (κ3) is 1.84. The Morgan fingerprint density at radius 1 is 1.40 bits per heavy atom. The Kier molecular flexibility index (Phi) is 2.94. The average molecular weight is 198 g/mol. The normalized spacial score (nSPS) is 9.80. The first-order chi connectivity index (χ1) is 4.84. The van der Waals surface area contributed by atoms with Crippen LogP contribution in [0.3, 0.4) is 0 Å². The van der Waals surface area contributed by atoms with Gasteiger partial charge in [-0.25, -0.2) is 0 Å². The lowest BCUT2D eigenvalue weighted by Crippen LogP contribution is -1.79. The van der Waals surface area contributed by atoms with E-state index in [4.69, 9.17) is 0 Å². The molecule has 10 heavy (non-hydrogen) atoms. The number of hydrogen-bond acceptors (Lipinski definition) is 0. The van der Waals surface area contributed by atoms with E-state index in [1.54, 1.807) is 0 Å². The molecule has 0 amide bonds. The maximum absolute atomic E-state index is 3.47. The van der Waals surface area contributed by atoms with Crippen molar-refractivity contribution in [1.82, 2.24) is 0 Å². The Labute approximate surface area is 70.4 Å². The van der Waals surface area contributed by atoms with Crippen LogP contribution in [0.2, 0.25) is 0 Å². The molecule has 1 heteroatoms. The first-order valence-electron chi connectivity index (χ1n) is 3.42. The van der Waals surface area contributed by atoms with E-state index in [0.717, 1.165) is 6.42 Å². The molecule has 0 bridgehead atoms. The van der Waals surface area contributed by atoms with Crippen molar-refractivity contribution in [3.05, 3.63) is 40.7 Å². The SMILES string of the molecule is CC[CH]c1ccccc1Br. The van der Waals surface area contributed by atoms with Crippen LogP contribution in [0.1, 0.15) is 18.9 Å². The highest BCUT2D eigenvalue weighted by molar-refractivity contribution is 9.10. The van der Waals surface area contributed by atoms with E-state index < -0.39 is 0 Å². The van der Waals surface area contributed by atoms with Crippen LogP contribution in [-0.4, -0.2) is 0 Å². The highest BCUT2D eigenvalue weighted by Gasteiger charge is 1.94. The lowest BCUT2D eigenvalue weighted by molar-refractivity contribution is 1.12. The standard InChI is InChI=1S/C9H10Br/c1-2-5-8-6-3-4-7-9(8)10/h3-7H,2H2,1H3. The summed E-state index contributed by atoms with van der Waals surface area (Å²) >= 11 is 3.47. The predicted octanol–water partition coefficient (Wildman–Crippen LogP) is 3.41. The maximum Gasteiger partial charge on any atom is 0.0210 e. The van der Waals surface area contributed by atoms with E-state index in [1.807, 2.05) is 12.1 Å². The van der Waals surface area contributed by atoms with Crippen LogP contribution < -0.4 is 0 Å². The molecule has 0 saturated heterocycles. The van der Waals surface area contributed by atoms with Crippen LogP contribution in [0.25, 0.3) is 0 Å². The summed E-state index contributed by atoms with van der Waals surface area (Å²) in [7, 11) is 0. The number of benzene rings is 1. The topological polar surface area (TPSA) is 0 Å². The Hall–Kier alpha value is -0.300. The lowest BCUT2D eigenvalue weighted by Gasteiger charge is -1.99. The molecule has 1 aromatic rings. The maximum atomic E-state index is 3.47. The van der Waals surface area contributed by atoms with E-state index in [9.17, 15) is 0 Å². The summed E-state index contributed by atoms with van der Waals surface area (Å²) in [5.74, 6) is 0. The first kappa shape index (κ1) is 7.80. The molecule has 1 rings (SSSR count). The Morgan fingerprint density at radius 2 is 2.10 bits per heavy atom. The second-order valence-corrected chi connectivity index (χ2v) is 2.99. The van der Waals surface area contributed by atoms with Crippen molar-refractivity contribution in [3.8, 4) is 0 Å². The summed E-state index contributed by atoms with van der Waals surface area (Å²) in [4.78, 5) is 0. The average Bonchev–Trinajstić information content (AvgIpc) is 1.94.